The Labute approximate surface area is 136 Å². The van der Waals surface area contributed by atoms with Gasteiger partial charge in [0.2, 0.25) is 0 Å². The second-order valence-electron chi connectivity index (χ2n) is 3.86. The van der Waals surface area contributed by atoms with Crippen molar-refractivity contribution in [3.05, 3.63) is 24.3 Å². The summed E-state index contributed by atoms with van der Waals surface area (Å²) in [6.07, 6.45) is 2.26. The summed E-state index contributed by atoms with van der Waals surface area (Å²) in [7, 11) is 0. The topological polar surface area (TPSA) is 3.24 Å². The summed E-state index contributed by atoms with van der Waals surface area (Å²) in [6.45, 7) is -2.94. The van der Waals surface area contributed by atoms with E-state index >= 15 is 0 Å². The number of rotatable bonds is 2. The summed E-state index contributed by atoms with van der Waals surface area (Å²) in [5.41, 5.74) is 0.384. The Morgan fingerprint density at radius 2 is 1.44 bits per heavy atom. The van der Waals surface area contributed by atoms with Crippen molar-refractivity contribution in [3.63, 3.8) is 0 Å². The molecule has 0 N–H and O–H groups in total. The smallest absolute Gasteiger partial charge is 0.445 e. The zero-order valence-corrected chi connectivity index (χ0v) is 12.4. The molecule has 0 unspecified atom stereocenters. The van der Waals surface area contributed by atoms with Crippen molar-refractivity contribution in [2.75, 3.05) is 18.0 Å². The monoisotopic (exact) mass is 253 g/mol. The van der Waals surface area contributed by atoms with Crippen LogP contribution in [0.1, 0.15) is 12.8 Å². The average molecular weight is 253 g/mol. The first-order valence-corrected chi connectivity index (χ1v) is 5.12. The molecule has 0 spiro atoms. The van der Waals surface area contributed by atoms with E-state index in [1.54, 1.807) is 12.1 Å². The molecule has 0 atom stereocenters. The number of hydrogen-bond acceptors (Lipinski definition) is 1. The van der Waals surface area contributed by atoms with Gasteiger partial charge in [0.05, 0.1) is 0 Å². The minimum Gasteiger partial charge on any atom is -0.445 e. The van der Waals surface area contributed by atoms with Crippen molar-refractivity contribution in [2.45, 2.75) is 12.8 Å². The van der Waals surface area contributed by atoms with Crippen LogP contribution >= 0.6 is 0 Å². The molecule has 0 aliphatic carbocycles. The van der Waals surface area contributed by atoms with Gasteiger partial charge in [0, 0.05) is 18.8 Å². The molecule has 1 aromatic rings. The van der Waals surface area contributed by atoms with Crippen LogP contribution in [0.25, 0.3) is 0 Å². The summed E-state index contributed by atoms with van der Waals surface area (Å²) >= 11 is 0. The van der Waals surface area contributed by atoms with Crippen LogP contribution < -0.4 is 61.7 Å². The second-order valence-corrected chi connectivity index (χ2v) is 3.86. The summed E-state index contributed by atoms with van der Waals surface area (Å²) < 4.78 is 37.0. The molecular formula is C10H12BF3KN. The van der Waals surface area contributed by atoms with Crippen LogP contribution in [-0.4, -0.2) is 20.1 Å². The van der Waals surface area contributed by atoms with Crippen molar-refractivity contribution < 1.29 is 64.3 Å². The van der Waals surface area contributed by atoms with E-state index in [2.05, 4.69) is 4.90 Å². The van der Waals surface area contributed by atoms with Gasteiger partial charge in [-0.15, -0.1) is 5.46 Å². The van der Waals surface area contributed by atoms with E-state index in [0.717, 1.165) is 31.6 Å². The van der Waals surface area contributed by atoms with Gasteiger partial charge in [-0.25, -0.2) is 0 Å². The third-order valence-corrected chi connectivity index (χ3v) is 2.74. The first kappa shape index (κ1) is 14.6. The predicted octanol–water partition coefficient (Wildman–Crippen LogP) is -0.655. The van der Waals surface area contributed by atoms with Crippen molar-refractivity contribution in [3.8, 4) is 0 Å². The van der Waals surface area contributed by atoms with Crippen molar-refractivity contribution in [1.29, 1.82) is 0 Å². The van der Waals surface area contributed by atoms with Crippen LogP contribution in [0.4, 0.5) is 18.6 Å². The van der Waals surface area contributed by atoms with Crippen LogP contribution in [0.2, 0.25) is 0 Å². The maximum atomic E-state index is 12.3. The van der Waals surface area contributed by atoms with E-state index in [1.807, 2.05) is 0 Å². The fourth-order valence-corrected chi connectivity index (χ4v) is 1.88. The first-order chi connectivity index (χ1) is 7.07. The van der Waals surface area contributed by atoms with Gasteiger partial charge in [-0.1, -0.05) is 12.1 Å². The van der Waals surface area contributed by atoms with Gasteiger partial charge in [0.15, 0.2) is 0 Å². The molecule has 1 aromatic carbocycles. The SMILES string of the molecule is F[B-](F)(F)c1ccc(N2CCCC2)cc1.[K+]. The molecule has 0 radical (unpaired) electrons. The first-order valence-electron chi connectivity index (χ1n) is 5.12. The molecule has 1 nitrogen and oxygen atoms in total. The molecule has 1 fully saturated rings. The minimum absolute atomic E-state index is 0. The van der Waals surface area contributed by atoms with Crippen LogP contribution in [0.5, 0.6) is 0 Å². The van der Waals surface area contributed by atoms with Crippen LogP contribution in [0.15, 0.2) is 24.3 Å². The van der Waals surface area contributed by atoms with Gasteiger partial charge in [-0.2, -0.15) is 0 Å². The van der Waals surface area contributed by atoms with Gasteiger partial charge in [0.1, 0.15) is 0 Å². The van der Waals surface area contributed by atoms with E-state index in [1.165, 1.54) is 12.1 Å². The molecule has 16 heavy (non-hydrogen) atoms. The molecular weight excluding hydrogens is 241 g/mol. The van der Waals surface area contributed by atoms with Gasteiger partial charge >= 0.3 is 58.4 Å². The van der Waals surface area contributed by atoms with E-state index in [0.29, 0.717) is 0 Å². The molecule has 1 saturated heterocycles. The Bertz CT molecular complexity index is 333. The van der Waals surface area contributed by atoms with E-state index in [9.17, 15) is 12.9 Å². The number of benzene rings is 1. The Morgan fingerprint density at radius 1 is 0.938 bits per heavy atom. The van der Waals surface area contributed by atoms with Crippen LogP contribution in [0.3, 0.4) is 0 Å². The van der Waals surface area contributed by atoms with Crippen molar-refractivity contribution >= 4 is 18.1 Å². The zero-order valence-electron chi connectivity index (χ0n) is 9.30. The summed E-state index contributed by atoms with van der Waals surface area (Å²) in [6, 6.07) is 5.48. The molecule has 2 rings (SSSR count). The maximum absolute atomic E-state index is 12.3. The number of hydrogen-bond donors (Lipinski definition) is 0. The predicted molar refractivity (Wildman–Crippen MR) is 56.6 cm³/mol. The minimum atomic E-state index is -4.85. The average Bonchev–Trinajstić information content (AvgIpc) is 2.69. The van der Waals surface area contributed by atoms with Crippen molar-refractivity contribution in [2.24, 2.45) is 0 Å². The van der Waals surface area contributed by atoms with Crippen molar-refractivity contribution in [1.82, 2.24) is 0 Å². The molecule has 0 amide bonds. The van der Waals surface area contributed by atoms with E-state index < -0.39 is 12.4 Å². The van der Waals surface area contributed by atoms with Crippen LogP contribution in [0, 0.1) is 0 Å². The van der Waals surface area contributed by atoms with Crippen LogP contribution in [-0.2, 0) is 0 Å². The standard InChI is InChI=1S/C10H12BF3N.K/c12-11(13,14)9-3-5-10(6-4-9)15-7-1-2-8-15;/h3-6H,1-2,7-8H2;/q-1;+1. The third-order valence-electron chi connectivity index (χ3n) is 2.74. The molecule has 1 aliphatic rings. The molecule has 1 aliphatic heterocycles. The number of halogens is 3. The number of nitrogens with zero attached hydrogens (tertiary/aromatic N) is 1. The van der Waals surface area contributed by atoms with Gasteiger partial charge in [-0.05, 0) is 25.0 Å². The Kier molecular flexibility index (Phi) is 5.38. The van der Waals surface area contributed by atoms with E-state index in [4.69, 9.17) is 0 Å². The van der Waals surface area contributed by atoms with Gasteiger partial charge in [0.25, 0.3) is 0 Å². The largest absolute Gasteiger partial charge is 1.00 e. The fraction of sp³-hybridized carbons (Fsp3) is 0.400. The Balaban J connectivity index is 0.00000128. The summed E-state index contributed by atoms with van der Waals surface area (Å²) in [5, 5.41) is 0. The molecule has 82 valence electrons. The maximum Gasteiger partial charge on any atom is 1.00 e. The molecule has 0 saturated carbocycles. The summed E-state index contributed by atoms with van der Waals surface area (Å²) in [5.74, 6) is 0. The number of anilines is 1. The third kappa shape index (κ3) is 3.50. The van der Waals surface area contributed by atoms with Gasteiger partial charge < -0.3 is 17.8 Å². The normalized spacial score (nSPS) is 16.1. The second kappa shape index (κ2) is 5.91. The Morgan fingerprint density at radius 3 is 1.88 bits per heavy atom. The van der Waals surface area contributed by atoms with E-state index in [-0.39, 0.29) is 51.4 Å². The summed E-state index contributed by atoms with van der Waals surface area (Å²) in [4.78, 5) is 2.12. The molecule has 0 bridgehead atoms. The molecule has 6 heteroatoms. The Hall–Kier alpha value is 0.511. The zero-order chi connectivity index (χ0) is 10.9. The molecule has 1 heterocycles. The quantitative estimate of drug-likeness (QED) is 0.633. The molecule has 0 aromatic heterocycles. The van der Waals surface area contributed by atoms with Gasteiger partial charge in [-0.3, -0.25) is 0 Å². The fourth-order valence-electron chi connectivity index (χ4n) is 1.88.